The maximum Gasteiger partial charge on any atom is 0.176 e. The first kappa shape index (κ1) is 14.9. The van der Waals surface area contributed by atoms with Crippen LogP contribution in [0.25, 0.3) is 0 Å². The van der Waals surface area contributed by atoms with Crippen molar-refractivity contribution in [2.45, 2.75) is 26.7 Å². The number of nitrogens with one attached hydrogen (secondary N) is 1. The van der Waals surface area contributed by atoms with E-state index in [1.165, 1.54) is 12.8 Å². The van der Waals surface area contributed by atoms with E-state index in [4.69, 9.17) is 9.47 Å². The van der Waals surface area contributed by atoms with E-state index in [2.05, 4.69) is 5.32 Å². The van der Waals surface area contributed by atoms with Gasteiger partial charge in [0, 0.05) is 5.56 Å². The SMILES string of the molecule is CCOc1ccc(C(=O)CNCC2CC2)cc1OCC. The summed E-state index contributed by atoms with van der Waals surface area (Å²) in [4.78, 5) is 12.1. The molecule has 0 heterocycles. The first-order valence-electron chi connectivity index (χ1n) is 7.38. The summed E-state index contributed by atoms with van der Waals surface area (Å²) in [5.74, 6) is 2.20. The molecular weight excluding hydrogens is 254 g/mol. The van der Waals surface area contributed by atoms with Gasteiger partial charge in [0.25, 0.3) is 0 Å². The lowest BCUT2D eigenvalue weighted by molar-refractivity contribution is 0.0990. The molecule has 0 bridgehead atoms. The van der Waals surface area contributed by atoms with Gasteiger partial charge < -0.3 is 14.8 Å². The van der Waals surface area contributed by atoms with E-state index in [1.807, 2.05) is 19.9 Å². The monoisotopic (exact) mass is 277 g/mol. The zero-order valence-electron chi connectivity index (χ0n) is 12.3. The summed E-state index contributed by atoms with van der Waals surface area (Å²) >= 11 is 0. The lowest BCUT2D eigenvalue weighted by atomic mass is 10.1. The van der Waals surface area contributed by atoms with Gasteiger partial charge in [-0.25, -0.2) is 0 Å². The van der Waals surface area contributed by atoms with Gasteiger partial charge in [-0.3, -0.25) is 4.79 Å². The molecule has 110 valence electrons. The third-order valence-electron chi connectivity index (χ3n) is 3.28. The van der Waals surface area contributed by atoms with Crippen molar-refractivity contribution < 1.29 is 14.3 Å². The van der Waals surface area contributed by atoms with Crippen LogP contribution < -0.4 is 14.8 Å². The molecule has 0 unspecified atom stereocenters. The summed E-state index contributed by atoms with van der Waals surface area (Å²) in [6.07, 6.45) is 2.58. The van der Waals surface area contributed by atoms with Gasteiger partial charge in [0.15, 0.2) is 17.3 Å². The van der Waals surface area contributed by atoms with Crippen molar-refractivity contribution in [3.8, 4) is 11.5 Å². The molecule has 1 aliphatic carbocycles. The summed E-state index contributed by atoms with van der Waals surface area (Å²) in [5, 5.41) is 3.22. The van der Waals surface area contributed by atoms with Gasteiger partial charge in [0.1, 0.15) is 0 Å². The van der Waals surface area contributed by atoms with Gasteiger partial charge >= 0.3 is 0 Å². The first-order valence-corrected chi connectivity index (χ1v) is 7.38. The van der Waals surface area contributed by atoms with Crippen molar-refractivity contribution in [3.05, 3.63) is 23.8 Å². The number of carbonyl (C=O) groups is 1. The smallest absolute Gasteiger partial charge is 0.176 e. The molecular formula is C16H23NO3. The Balaban J connectivity index is 1.98. The first-order chi connectivity index (χ1) is 9.74. The molecule has 1 saturated carbocycles. The Morgan fingerprint density at radius 3 is 2.55 bits per heavy atom. The molecule has 0 aliphatic heterocycles. The minimum absolute atomic E-state index is 0.0923. The molecule has 1 fully saturated rings. The standard InChI is InChI=1S/C16H23NO3/c1-3-19-15-8-7-13(9-16(15)20-4-2)14(18)11-17-10-12-5-6-12/h7-9,12,17H,3-6,10-11H2,1-2H3. The molecule has 20 heavy (non-hydrogen) atoms. The van der Waals surface area contributed by atoms with Crippen LogP contribution in [0.2, 0.25) is 0 Å². The lowest BCUT2D eigenvalue weighted by Crippen LogP contribution is -2.25. The van der Waals surface area contributed by atoms with Crippen molar-refractivity contribution in [2.24, 2.45) is 5.92 Å². The molecule has 1 aromatic rings. The number of ether oxygens (including phenoxy) is 2. The van der Waals surface area contributed by atoms with E-state index in [1.54, 1.807) is 12.1 Å². The lowest BCUT2D eigenvalue weighted by Gasteiger charge is -2.12. The van der Waals surface area contributed by atoms with E-state index in [-0.39, 0.29) is 5.78 Å². The van der Waals surface area contributed by atoms with Crippen LogP contribution in [-0.4, -0.2) is 32.1 Å². The number of carbonyl (C=O) groups excluding carboxylic acids is 1. The predicted molar refractivity (Wildman–Crippen MR) is 78.7 cm³/mol. The fourth-order valence-electron chi connectivity index (χ4n) is 2.04. The van der Waals surface area contributed by atoms with Gasteiger partial charge in [0.05, 0.1) is 19.8 Å². The summed E-state index contributed by atoms with van der Waals surface area (Å²) < 4.78 is 11.0. The van der Waals surface area contributed by atoms with Gasteiger partial charge in [-0.15, -0.1) is 0 Å². The quantitative estimate of drug-likeness (QED) is 0.705. The second-order valence-electron chi connectivity index (χ2n) is 5.02. The zero-order chi connectivity index (χ0) is 14.4. The van der Waals surface area contributed by atoms with Crippen LogP contribution in [0, 0.1) is 5.92 Å². The minimum Gasteiger partial charge on any atom is -0.490 e. The predicted octanol–water partition coefficient (Wildman–Crippen LogP) is 2.67. The average Bonchev–Trinajstić information content (AvgIpc) is 3.25. The molecule has 0 spiro atoms. The maximum absolute atomic E-state index is 12.1. The Hall–Kier alpha value is -1.55. The Bertz CT molecular complexity index is 455. The third-order valence-corrected chi connectivity index (χ3v) is 3.28. The fourth-order valence-corrected chi connectivity index (χ4v) is 2.04. The average molecular weight is 277 g/mol. The van der Waals surface area contributed by atoms with Gasteiger partial charge in [-0.1, -0.05) is 0 Å². The Morgan fingerprint density at radius 2 is 1.90 bits per heavy atom. The number of benzene rings is 1. The molecule has 2 rings (SSSR count). The molecule has 0 radical (unpaired) electrons. The van der Waals surface area contributed by atoms with Crippen LogP contribution >= 0.6 is 0 Å². The molecule has 1 aliphatic rings. The van der Waals surface area contributed by atoms with Crippen molar-refractivity contribution in [2.75, 3.05) is 26.3 Å². The Kier molecular flexibility index (Phi) is 5.41. The van der Waals surface area contributed by atoms with Gasteiger partial charge in [-0.05, 0) is 57.4 Å². The third kappa shape index (κ3) is 4.23. The van der Waals surface area contributed by atoms with E-state index in [0.29, 0.717) is 36.8 Å². The van der Waals surface area contributed by atoms with Crippen LogP contribution in [0.15, 0.2) is 18.2 Å². The maximum atomic E-state index is 12.1. The number of hydrogen-bond acceptors (Lipinski definition) is 4. The Morgan fingerprint density at radius 1 is 1.20 bits per heavy atom. The molecule has 0 atom stereocenters. The van der Waals surface area contributed by atoms with Crippen molar-refractivity contribution in [3.63, 3.8) is 0 Å². The van der Waals surface area contributed by atoms with Gasteiger partial charge in [0.2, 0.25) is 0 Å². The number of ketones is 1. The highest BCUT2D eigenvalue weighted by molar-refractivity contribution is 5.98. The van der Waals surface area contributed by atoms with Crippen LogP contribution in [0.3, 0.4) is 0 Å². The minimum atomic E-state index is 0.0923. The second-order valence-corrected chi connectivity index (χ2v) is 5.02. The topological polar surface area (TPSA) is 47.6 Å². The van der Waals surface area contributed by atoms with Crippen LogP contribution in [0.5, 0.6) is 11.5 Å². The van der Waals surface area contributed by atoms with E-state index >= 15 is 0 Å². The second kappa shape index (κ2) is 7.29. The molecule has 0 amide bonds. The van der Waals surface area contributed by atoms with Crippen LogP contribution in [0.1, 0.15) is 37.0 Å². The highest BCUT2D eigenvalue weighted by Gasteiger charge is 2.21. The number of Topliss-reactive ketones (excluding diaryl/α,β-unsaturated/α-hetero) is 1. The van der Waals surface area contributed by atoms with Crippen LogP contribution in [0.4, 0.5) is 0 Å². The normalized spacial score (nSPS) is 14.1. The highest BCUT2D eigenvalue weighted by Crippen LogP contribution is 2.29. The summed E-state index contributed by atoms with van der Waals surface area (Å²) in [6.45, 7) is 6.31. The van der Waals surface area contributed by atoms with Crippen molar-refractivity contribution in [1.82, 2.24) is 5.32 Å². The molecule has 4 heteroatoms. The van der Waals surface area contributed by atoms with Crippen molar-refractivity contribution >= 4 is 5.78 Å². The highest BCUT2D eigenvalue weighted by atomic mass is 16.5. The largest absolute Gasteiger partial charge is 0.490 e. The van der Waals surface area contributed by atoms with Crippen LogP contribution in [-0.2, 0) is 0 Å². The van der Waals surface area contributed by atoms with Crippen molar-refractivity contribution in [1.29, 1.82) is 0 Å². The molecule has 1 N–H and O–H groups in total. The van der Waals surface area contributed by atoms with E-state index in [0.717, 1.165) is 12.5 Å². The van der Waals surface area contributed by atoms with Gasteiger partial charge in [-0.2, -0.15) is 0 Å². The molecule has 4 nitrogen and oxygen atoms in total. The fraction of sp³-hybridized carbons (Fsp3) is 0.562. The zero-order valence-corrected chi connectivity index (χ0v) is 12.3. The molecule has 1 aromatic carbocycles. The van der Waals surface area contributed by atoms with E-state index < -0.39 is 0 Å². The number of hydrogen-bond donors (Lipinski definition) is 1. The number of rotatable bonds is 9. The summed E-state index contributed by atoms with van der Waals surface area (Å²) in [6, 6.07) is 5.38. The van der Waals surface area contributed by atoms with E-state index in [9.17, 15) is 4.79 Å². The summed E-state index contributed by atoms with van der Waals surface area (Å²) in [5.41, 5.74) is 0.667. The Labute approximate surface area is 120 Å². The molecule has 0 saturated heterocycles. The molecule has 0 aromatic heterocycles. The summed E-state index contributed by atoms with van der Waals surface area (Å²) in [7, 11) is 0.